The van der Waals surface area contributed by atoms with Crippen molar-refractivity contribution in [2.45, 2.75) is 156 Å². The zero-order chi connectivity index (χ0) is 21.5. The van der Waals surface area contributed by atoms with Crippen molar-refractivity contribution >= 4 is 7.26 Å². The van der Waals surface area contributed by atoms with Gasteiger partial charge in [0.1, 0.15) is 0 Å². The van der Waals surface area contributed by atoms with Gasteiger partial charge in [0.25, 0.3) is 0 Å². The fourth-order valence-corrected chi connectivity index (χ4v) is 9.86. The van der Waals surface area contributed by atoms with Gasteiger partial charge in [0.2, 0.25) is 0 Å². The molecular weight excluding hydrogens is 494 g/mol. The molecule has 0 radical (unpaired) electrons. The van der Waals surface area contributed by atoms with E-state index in [4.69, 9.17) is 0 Å². The number of halogens is 1. The van der Waals surface area contributed by atoms with Gasteiger partial charge in [-0.25, -0.2) is 0 Å². The van der Waals surface area contributed by atoms with Crippen molar-refractivity contribution in [3.05, 3.63) is 0 Å². The predicted molar refractivity (Wildman–Crippen MR) is 141 cm³/mol. The Kier molecular flexibility index (Phi) is 29.3. The molecule has 0 saturated heterocycles. The molecule has 0 spiro atoms. The Labute approximate surface area is 211 Å². The van der Waals surface area contributed by atoms with Gasteiger partial charge in [0.05, 0.1) is 24.6 Å². The first kappa shape index (κ1) is 33.3. The molecule has 0 nitrogen and oxygen atoms in total. The second-order valence-corrected chi connectivity index (χ2v) is 14.4. The molecule has 0 aromatic carbocycles. The highest BCUT2D eigenvalue weighted by Crippen LogP contribution is 2.61. The van der Waals surface area contributed by atoms with E-state index in [-0.39, 0.29) is 24.0 Å². The summed E-state index contributed by atoms with van der Waals surface area (Å²) < 4.78 is 0. The molecule has 2 heteroatoms. The topological polar surface area (TPSA) is 0 Å². The van der Waals surface area contributed by atoms with Gasteiger partial charge in [-0.2, -0.15) is 0 Å². The molecule has 0 rings (SSSR count). The van der Waals surface area contributed by atoms with Crippen molar-refractivity contribution in [2.24, 2.45) is 0 Å². The minimum absolute atomic E-state index is 0. The summed E-state index contributed by atoms with van der Waals surface area (Å²) in [6.07, 6.45) is 36.1. The Morgan fingerprint density at radius 2 is 0.533 bits per heavy atom. The highest BCUT2D eigenvalue weighted by Gasteiger charge is 2.34. The lowest BCUT2D eigenvalue weighted by atomic mass is 10.1. The van der Waals surface area contributed by atoms with Crippen LogP contribution in [0.15, 0.2) is 0 Å². The number of unbranched alkanes of at least 4 members (excludes halogenated alkanes) is 16. The quantitative estimate of drug-likeness (QED) is 0.0647. The van der Waals surface area contributed by atoms with Gasteiger partial charge in [-0.15, -0.1) is 0 Å². The standard InChI is InChI=1S/C28H60P.HI/c1-5-9-13-16-19-22-26-29(25-12-8-4,27-23-20-17-14-10-6-2)28-24-21-18-15-11-7-3;/h5-28H2,1-4H3;1H/q+1;/p-1. The van der Waals surface area contributed by atoms with Crippen molar-refractivity contribution in [3.63, 3.8) is 0 Å². The zero-order valence-corrected chi connectivity index (χ0v) is 24.8. The first-order valence-electron chi connectivity index (χ1n) is 14.1. The van der Waals surface area contributed by atoms with Gasteiger partial charge in [-0.1, -0.05) is 111 Å². The van der Waals surface area contributed by atoms with Crippen LogP contribution in [0.5, 0.6) is 0 Å². The molecule has 0 aliphatic heterocycles. The lowest BCUT2D eigenvalue weighted by Crippen LogP contribution is -3.00. The Bertz CT molecular complexity index is 264. The first-order chi connectivity index (χ1) is 14.2. The molecule has 0 atom stereocenters. The normalized spacial score (nSPS) is 11.6. The third-order valence-electron chi connectivity index (χ3n) is 6.94. The predicted octanol–water partition coefficient (Wildman–Crippen LogP) is 7.89. The summed E-state index contributed by atoms with van der Waals surface area (Å²) in [6, 6.07) is 0. The summed E-state index contributed by atoms with van der Waals surface area (Å²) in [7, 11) is -0.679. The van der Waals surface area contributed by atoms with E-state index in [2.05, 4.69) is 27.7 Å². The van der Waals surface area contributed by atoms with Crippen LogP contribution >= 0.6 is 7.26 Å². The van der Waals surface area contributed by atoms with Gasteiger partial charge in [0, 0.05) is 7.26 Å². The molecule has 0 saturated carbocycles. The van der Waals surface area contributed by atoms with Gasteiger partial charge in [-0.05, 0) is 44.9 Å². The maximum Gasteiger partial charge on any atom is 0.0594 e. The Morgan fingerprint density at radius 3 is 0.833 bits per heavy atom. The minimum atomic E-state index is -0.679. The van der Waals surface area contributed by atoms with Crippen molar-refractivity contribution in [3.8, 4) is 0 Å². The van der Waals surface area contributed by atoms with E-state index in [1.54, 1.807) is 43.9 Å². The monoisotopic (exact) mass is 554 g/mol. The van der Waals surface area contributed by atoms with Crippen molar-refractivity contribution in [1.29, 1.82) is 0 Å². The van der Waals surface area contributed by atoms with Crippen molar-refractivity contribution in [1.82, 2.24) is 0 Å². The fourth-order valence-electron chi connectivity index (χ4n) is 4.85. The molecule has 0 heterocycles. The molecule has 0 bridgehead atoms. The average Bonchev–Trinajstić information content (AvgIpc) is 2.74. The van der Waals surface area contributed by atoms with Gasteiger partial charge < -0.3 is 24.0 Å². The summed E-state index contributed by atoms with van der Waals surface area (Å²) in [6.45, 7) is 9.42. The van der Waals surface area contributed by atoms with Crippen LogP contribution in [0.2, 0.25) is 0 Å². The van der Waals surface area contributed by atoms with Crippen molar-refractivity contribution in [2.75, 3.05) is 24.6 Å². The number of hydrogen-bond donors (Lipinski definition) is 0. The fraction of sp³-hybridized carbons (Fsp3) is 1.00. The lowest BCUT2D eigenvalue weighted by Gasteiger charge is -2.28. The third-order valence-corrected chi connectivity index (χ3v) is 12.0. The van der Waals surface area contributed by atoms with E-state index in [1.165, 1.54) is 109 Å². The SMILES string of the molecule is CCCCCCCC[P+](CCCC)(CCCCCCCC)CCCCCCCC.[I-]. The smallest absolute Gasteiger partial charge is 0.0594 e. The van der Waals surface area contributed by atoms with E-state index < -0.39 is 7.26 Å². The first-order valence-corrected chi connectivity index (χ1v) is 16.6. The zero-order valence-electron chi connectivity index (χ0n) is 21.8. The Balaban J connectivity index is 0. The molecular formula is C28H60IP. The second-order valence-electron chi connectivity index (χ2n) is 9.89. The summed E-state index contributed by atoms with van der Waals surface area (Å²) in [5, 5.41) is 0. The molecule has 0 N–H and O–H groups in total. The van der Waals surface area contributed by atoms with Crippen LogP contribution in [-0.2, 0) is 0 Å². The molecule has 0 aromatic rings. The number of rotatable bonds is 24. The molecule has 184 valence electrons. The molecule has 0 aromatic heterocycles. The molecule has 0 amide bonds. The highest BCUT2D eigenvalue weighted by atomic mass is 127. The van der Waals surface area contributed by atoms with Crippen LogP contribution < -0.4 is 24.0 Å². The van der Waals surface area contributed by atoms with Crippen LogP contribution in [0.25, 0.3) is 0 Å². The lowest BCUT2D eigenvalue weighted by molar-refractivity contribution is -0.00000667. The average molecular weight is 555 g/mol. The molecule has 0 aliphatic carbocycles. The Hall–Kier alpha value is 1.16. The molecule has 0 unspecified atom stereocenters. The van der Waals surface area contributed by atoms with E-state index >= 15 is 0 Å². The van der Waals surface area contributed by atoms with Crippen molar-refractivity contribution < 1.29 is 24.0 Å². The summed E-state index contributed by atoms with van der Waals surface area (Å²) >= 11 is 0. The van der Waals surface area contributed by atoms with Crippen LogP contribution in [0, 0.1) is 0 Å². The summed E-state index contributed by atoms with van der Waals surface area (Å²) in [4.78, 5) is 0. The second kappa shape index (κ2) is 26.4. The highest BCUT2D eigenvalue weighted by molar-refractivity contribution is 7.75. The van der Waals surface area contributed by atoms with Crippen LogP contribution in [0.1, 0.15) is 156 Å². The minimum Gasteiger partial charge on any atom is -1.00 e. The summed E-state index contributed by atoms with van der Waals surface area (Å²) in [5.74, 6) is 0. The third kappa shape index (κ3) is 21.0. The van der Waals surface area contributed by atoms with E-state index in [0.717, 1.165) is 0 Å². The van der Waals surface area contributed by atoms with Crippen LogP contribution in [-0.4, -0.2) is 24.6 Å². The maximum absolute atomic E-state index is 2.41. The maximum atomic E-state index is 2.41. The van der Waals surface area contributed by atoms with E-state index in [9.17, 15) is 0 Å². The van der Waals surface area contributed by atoms with E-state index in [0.29, 0.717) is 0 Å². The number of hydrogen-bond acceptors (Lipinski definition) is 0. The molecule has 30 heavy (non-hydrogen) atoms. The largest absolute Gasteiger partial charge is 1.00 e. The molecule has 0 fully saturated rings. The van der Waals surface area contributed by atoms with Crippen LogP contribution in [0.3, 0.4) is 0 Å². The summed E-state index contributed by atoms with van der Waals surface area (Å²) in [5.41, 5.74) is 0. The Morgan fingerprint density at radius 1 is 0.300 bits per heavy atom. The van der Waals surface area contributed by atoms with E-state index in [1.807, 2.05) is 0 Å². The van der Waals surface area contributed by atoms with Gasteiger partial charge >= 0.3 is 0 Å². The van der Waals surface area contributed by atoms with Gasteiger partial charge in [-0.3, -0.25) is 0 Å². The van der Waals surface area contributed by atoms with Crippen LogP contribution in [0.4, 0.5) is 0 Å². The van der Waals surface area contributed by atoms with Gasteiger partial charge in [0.15, 0.2) is 0 Å². The molecule has 0 aliphatic rings.